The minimum absolute atomic E-state index is 0.0443. The maximum absolute atomic E-state index is 13.5. The van der Waals surface area contributed by atoms with Crippen molar-refractivity contribution in [2.75, 3.05) is 19.5 Å². The van der Waals surface area contributed by atoms with E-state index in [1.165, 1.54) is 0 Å². The van der Waals surface area contributed by atoms with Gasteiger partial charge in [-0.3, -0.25) is 14.6 Å². The molecular formula is C24H25N3O4. The summed E-state index contributed by atoms with van der Waals surface area (Å²) in [6.07, 6.45) is 5.24. The van der Waals surface area contributed by atoms with Crippen LogP contribution < -0.4 is 20.1 Å². The third-order valence-corrected chi connectivity index (χ3v) is 5.69. The summed E-state index contributed by atoms with van der Waals surface area (Å²) in [6.45, 7) is 1.86. The zero-order chi connectivity index (χ0) is 22.0. The highest BCUT2D eigenvalue weighted by atomic mass is 16.5. The first-order chi connectivity index (χ1) is 15.0. The fourth-order valence-electron chi connectivity index (χ4n) is 4.30. The Labute approximate surface area is 181 Å². The number of ketones is 1. The summed E-state index contributed by atoms with van der Waals surface area (Å²) in [4.78, 5) is 30.6. The van der Waals surface area contributed by atoms with Gasteiger partial charge in [-0.25, -0.2) is 0 Å². The Balaban J connectivity index is 1.87. The van der Waals surface area contributed by atoms with E-state index in [0.717, 1.165) is 24.1 Å². The van der Waals surface area contributed by atoms with E-state index in [9.17, 15) is 9.59 Å². The van der Waals surface area contributed by atoms with Crippen LogP contribution in [-0.2, 0) is 9.59 Å². The highest BCUT2D eigenvalue weighted by Crippen LogP contribution is 2.46. The number of benzene rings is 1. The third kappa shape index (κ3) is 3.91. The van der Waals surface area contributed by atoms with Gasteiger partial charge in [0.2, 0.25) is 0 Å². The number of anilines is 1. The van der Waals surface area contributed by atoms with E-state index in [-0.39, 0.29) is 11.7 Å². The van der Waals surface area contributed by atoms with Crippen LogP contribution in [0.25, 0.3) is 0 Å². The van der Waals surface area contributed by atoms with Crippen molar-refractivity contribution < 1.29 is 19.1 Å². The predicted octanol–water partition coefficient (Wildman–Crippen LogP) is 3.71. The molecule has 2 N–H and O–H groups in total. The van der Waals surface area contributed by atoms with Crippen LogP contribution in [0.4, 0.5) is 5.69 Å². The van der Waals surface area contributed by atoms with Crippen LogP contribution >= 0.6 is 0 Å². The summed E-state index contributed by atoms with van der Waals surface area (Å²) in [7, 11) is 3.16. The molecule has 0 radical (unpaired) electrons. The smallest absolute Gasteiger partial charge is 0.254 e. The zero-order valence-corrected chi connectivity index (χ0v) is 17.8. The number of allylic oxidation sites excluding steroid dienone is 3. The molecule has 4 rings (SSSR count). The van der Waals surface area contributed by atoms with Crippen LogP contribution in [0, 0.1) is 0 Å². The molecule has 160 valence electrons. The van der Waals surface area contributed by atoms with Gasteiger partial charge in [0.25, 0.3) is 5.91 Å². The maximum Gasteiger partial charge on any atom is 0.254 e. The Kier molecular flexibility index (Phi) is 5.75. The molecule has 0 spiro atoms. The molecular weight excluding hydrogens is 394 g/mol. The number of nitrogens with zero attached hydrogens (tertiary/aromatic N) is 1. The molecule has 7 heteroatoms. The standard InChI is InChI=1S/C24H25N3O4/c1-14-21(24(29)27-15-6-5-11-25-13-15)22(23-18(26-14)7-4-8-19(23)28)17-12-16(30-2)9-10-20(17)31-3/h5-6,9-13,22,26H,4,7-8H2,1-3H3,(H,27,29)/t22-/m0/s1. The molecule has 0 bridgehead atoms. The number of carbonyl (C=O) groups excluding carboxylic acids is 2. The molecule has 7 nitrogen and oxygen atoms in total. The molecule has 1 aliphatic heterocycles. The normalized spacial score (nSPS) is 18.3. The van der Waals surface area contributed by atoms with E-state index in [1.54, 1.807) is 50.9 Å². The average molecular weight is 419 g/mol. The second kappa shape index (κ2) is 8.63. The van der Waals surface area contributed by atoms with Crippen LogP contribution in [0.3, 0.4) is 0 Å². The van der Waals surface area contributed by atoms with E-state index in [0.29, 0.717) is 40.5 Å². The van der Waals surface area contributed by atoms with Gasteiger partial charge in [0, 0.05) is 40.7 Å². The molecule has 1 atom stereocenters. The van der Waals surface area contributed by atoms with Gasteiger partial charge in [0.05, 0.1) is 32.0 Å². The lowest BCUT2D eigenvalue weighted by Crippen LogP contribution is -2.35. The molecule has 0 fully saturated rings. The number of amides is 1. The number of nitrogens with one attached hydrogen (secondary N) is 2. The van der Waals surface area contributed by atoms with E-state index in [4.69, 9.17) is 9.47 Å². The van der Waals surface area contributed by atoms with Crippen molar-refractivity contribution in [1.82, 2.24) is 10.3 Å². The number of pyridine rings is 1. The molecule has 0 saturated carbocycles. The van der Waals surface area contributed by atoms with Crippen LogP contribution in [0.15, 0.2) is 65.3 Å². The van der Waals surface area contributed by atoms with E-state index in [1.807, 2.05) is 13.0 Å². The first-order valence-electron chi connectivity index (χ1n) is 10.2. The minimum Gasteiger partial charge on any atom is -0.497 e. The van der Waals surface area contributed by atoms with Gasteiger partial charge < -0.3 is 20.1 Å². The lowest BCUT2D eigenvalue weighted by atomic mass is 9.74. The van der Waals surface area contributed by atoms with Gasteiger partial charge >= 0.3 is 0 Å². The Morgan fingerprint density at radius 1 is 1.19 bits per heavy atom. The Morgan fingerprint density at radius 2 is 2.03 bits per heavy atom. The number of ether oxygens (including phenoxy) is 2. The molecule has 0 saturated heterocycles. The number of hydrogen-bond donors (Lipinski definition) is 2. The van der Waals surface area contributed by atoms with Crippen molar-refractivity contribution in [2.45, 2.75) is 32.1 Å². The van der Waals surface area contributed by atoms with Crippen molar-refractivity contribution in [1.29, 1.82) is 0 Å². The largest absolute Gasteiger partial charge is 0.497 e. The highest BCUT2D eigenvalue weighted by Gasteiger charge is 2.39. The minimum atomic E-state index is -0.564. The number of aromatic nitrogens is 1. The van der Waals surface area contributed by atoms with Crippen LogP contribution in [0.5, 0.6) is 11.5 Å². The molecule has 31 heavy (non-hydrogen) atoms. The number of methoxy groups -OCH3 is 2. The number of hydrogen-bond acceptors (Lipinski definition) is 6. The van der Waals surface area contributed by atoms with Gasteiger partial charge in [-0.2, -0.15) is 0 Å². The SMILES string of the molecule is COc1ccc(OC)c([C@H]2C(C(=O)Nc3cccnc3)=C(C)NC3=C2C(=O)CCC3)c1. The summed E-state index contributed by atoms with van der Waals surface area (Å²) < 4.78 is 11.0. The first kappa shape index (κ1) is 20.7. The molecule has 2 aliphatic rings. The van der Waals surface area contributed by atoms with Crippen molar-refractivity contribution in [3.8, 4) is 11.5 Å². The number of rotatable bonds is 5. The first-order valence-corrected chi connectivity index (χ1v) is 10.2. The summed E-state index contributed by atoms with van der Waals surface area (Å²) >= 11 is 0. The number of dihydropyridines is 1. The van der Waals surface area contributed by atoms with Crippen molar-refractivity contribution >= 4 is 17.4 Å². The summed E-state index contributed by atoms with van der Waals surface area (Å²) in [5.41, 5.74) is 4.00. The zero-order valence-electron chi connectivity index (χ0n) is 17.8. The molecule has 1 aliphatic carbocycles. The Hall–Kier alpha value is -3.61. The summed E-state index contributed by atoms with van der Waals surface area (Å²) in [5.74, 6) is 0.410. The van der Waals surface area contributed by atoms with Crippen LogP contribution in [-0.4, -0.2) is 30.9 Å². The second-order valence-corrected chi connectivity index (χ2v) is 7.57. The van der Waals surface area contributed by atoms with E-state index >= 15 is 0 Å². The third-order valence-electron chi connectivity index (χ3n) is 5.69. The van der Waals surface area contributed by atoms with Gasteiger partial charge in [-0.15, -0.1) is 0 Å². The van der Waals surface area contributed by atoms with E-state index in [2.05, 4.69) is 15.6 Å². The maximum atomic E-state index is 13.5. The number of Topliss-reactive ketones (excluding diaryl/α,β-unsaturated/α-hetero) is 1. The van der Waals surface area contributed by atoms with Crippen LogP contribution in [0.2, 0.25) is 0 Å². The Morgan fingerprint density at radius 3 is 2.74 bits per heavy atom. The lowest BCUT2D eigenvalue weighted by molar-refractivity contribution is -0.116. The Bertz CT molecular complexity index is 1090. The fraction of sp³-hybridized carbons (Fsp3) is 0.292. The molecule has 0 unspecified atom stereocenters. The molecule has 1 aromatic heterocycles. The average Bonchev–Trinajstić information content (AvgIpc) is 2.78. The highest BCUT2D eigenvalue weighted by molar-refractivity contribution is 6.09. The summed E-state index contributed by atoms with van der Waals surface area (Å²) in [6, 6.07) is 8.97. The second-order valence-electron chi connectivity index (χ2n) is 7.57. The molecule has 2 aromatic rings. The van der Waals surface area contributed by atoms with Crippen LogP contribution in [0.1, 0.15) is 37.7 Å². The summed E-state index contributed by atoms with van der Waals surface area (Å²) in [5, 5.41) is 6.23. The quantitative estimate of drug-likeness (QED) is 0.768. The van der Waals surface area contributed by atoms with Gasteiger partial charge in [-0.05, 0) is 50.1 Å². The van der Waals surface area contributed by atoms with Crippen molar-refractivity contribution in [3.05, 3.63) is 70.8 Å². The monoisotopic (exact) mass is 419 g/mol. The number of carbonyl (C=O) groups is 2. The van der Waals surface area contributed by atoms with Gasteiger partial charge in [0.1, 0.15) is 11.5 Å². The lowest BCUT2D eigenvalue weighted by Gasteiger charge is -2.35. The van der Waals surface area contributed by atoms with Gasteiger partial charge in [0.15, 0.2) is 5.78 Å². The molecule has 1 amide bonds. The fourth-order valence-corrected chi connectivity index (χ4v) is 4.30. The predicted molar refractivity (Wildman–Crippen MR) is 117 cm³/mol. The van der Waals surface area contributed by atoms with E-state index < -0.39 is 5.92 Å². The molecule has 2 heterocycles. The van der Waals surface area contributed by atoms with Crippen molar-refractivity contribution in [3.63, 3.8) is 0 Å². The molecule has 1 aromatic carbocycles. The van der Waals surface area contributed by atoms with Crippen molar-refractivity contribution in [2.24, 2.45) is 0 Å². The van der Waals surface area contributed by atoms with Gasteiger partial charge in [-0.1, -0.05) is 0 Å². The topological polar surface area (TPSA) is 89.6 Å².